The van der Waals surface area contributed by atoms with Gasteiger partial charge in [0.1, 0.15) is 11.4 Å². The maximum atomic E-state index is 14.1. The number of halogens is 2. The lowest BCUT2D eigenvalue weighted by atomic mass is 10.1. The van der Waals surface area contributed by atoms with Gasteiger partial charge in [0.15, 0.2) is 17.5 Å². The zero-order valence-corrected chi connectivity index (χ0v) is 16.4. The van der Waals surface area contributed by atoms with Gasteiger partial charge < -0.3 is 4.90 Å². The van der Waals surface area contributed by atoms with Crippen LogP contribution in [0.1, 0.15) is 24.8 Å². The summed E-state index contributed by atoms with van der Waals surface area (Å²) in [5.41, 5.74) is 3.57. The summed E-state index contributed by atoms with van der Waals surface area (Å²) in [7, 11) is 0. The van der Waals surface area contributed by atoms with E-state index in [1.165, 1.54) is 37.1 Å². The molecule has 30 heavy (non-hydrogen) atoms. The molecule has 7 heteroatoms. The van der Waals surface area contributed by atoms with Crippen LogP contribution in [0.5, 0.6) is 0 Å². The second-order valence-electron chi connectivity index (χ2n) is 7.60. The van der Waals surface area contributed by atoms with E-state index < -0.39 is 11.6 Å². The van der Waals surface area contributed by atoms with Crippen molar-refractivity contribution >= 4 is 5.69 Å². The van der Waals surface area contributed by atoms with E-state index in [1.54, 1.807) is 17.1 Å². The first-order valence-corrected chi connectivity index (χ1v) is 10.2. The number of fused-ring (bicyclic) bond motifs is 1. The number of nitrogens with zero attached hydrogens (tertiary/aromatic N) is 5. The molecule has 152 valence electrons. The number of aromatic nitrogens is 4. The van der Waals surface area contributed by atoms with Crippen molar-refractivity contribution in [3.05, 3.63) is 72.1 Å². The minimum absolute atomic E-state index is 0.0473. The molecule has 2 aromatic carbocycles. The van der Waals surface area contributed by atoms with Crippen LogP contribution in [-0.4, -0.2) is 32.8 Å². The second-order valence-corrected chi connectivity index (χ2v) is 7.60. The van der Waals surface area contributed by atoms with Gasteiger partial charge in [-0.2, -0.15) is 5.10 Å². The lowest BCUT2D eigenvalue weighted by Gasteiger charge is -2.28. The first-order valence-electron chi connectivity index (χ1n) is 10.2. The molecule has 0 saturated carbocycles. The van der Waals surface area contributed by atoms with E-state index in [9.17, 15) is 8.78 Å². The van der Waals surface area contributed by atoms with Crippen LogP contribution in [-0.2, 0) is 6.54 Å². The summed E-state index contributed by atoms with van der Waals surface area (Å²) in [6.45, 7) is 2.83. The number of hydrogen-bond donors (Lipinski definition) is 0. The molecule has 0 unspecified atom stereocenters. The number of hydrogen-bond acceptors (Lipinski definition) is 4. The molecule has 3 aliphatic heterocycles. The van der Waals surface area contributed by atoms with Crippen LogP contribution in [0.25, 0.3) is 22.8 Å². The van der Waals surface area contributed by atoms with Crippen LogP contribution in [0.2, 0.25) is 0 Å². The summed E-state index contributed by atoms with van der Waals surface area (Å²) < 4.78 is 29.4. The maximum absolute atomic E-state index is 14.1. The Balaban J connectivity index is 1.36. The van der Waals surface area contributed by atoms with Crippen molar-refractivity contribution in [1.82, 2.24) is 19.7 Å². The van der Waals surface area contributed by atoms with Crippen molar-refractivity contribution in [3.8, 4) is 22.8 Å². The smallest absolute Gasteiger partial charge is 0.169 e. The van der Waals surface area contributed by atoms with E-state index >= 15 is 0 Å². The first-order chi connectivity index (χ1) is 14.7. The van der Waals surface area contributed by atoms with Gasteiger partial charge in [0.05, 0.1) is 24.5 Å². The first kappa shape index (κ1) is 18.7. The minimum Gasteiger partial charge on any atom is -0.372 e. The normalized spacial score (nSPS) is 14.4. The van der Waals surface area contributed by atoms with Crippen LogP contribution in [0, 0.1) is 11.6 Å². The number of anilines is 1. The summed E-state index contributed by atoms with van der Waals surface area (Å²) in [6.07, 6.45) is 7.21. The Kier molecular flexibility index (Phi) is 4.86. The standard InChI is InChI=1S/C23H21F2N5/c24-19-6-4-5-18(22(19)25)23-27-20-13-26-30(15-21(20)28-23)14-16-7-9-17(10-8-16)29-11-2-1-3-12-29/h4-10,13,15H,1-3,11-12,14H2. The molecule has 0 atom stereocenters. The van der Waals surface area contributed by atoms with E-state index in [2.05, 4.69) is 44.2 Å². The maximum Gasteiger partial charge on any atom is 0.169 e. The molecule has 0 aliphatic carbocycles. The molecule has 3 aliphatic rings. The molecule has 3 heterocycles. The minimum atomic E-state index is -0.942. The highest BCUT2D eigenvalue weighted by molar-refractivity contribution is 5.65. The van der Waals surface area contributed by atoms with Gasteiger partial charge in [0, 0.05) is 18.8 Å². The number of piperidine rings is 1. The lowest BCUT2D eigenvalue weighted by Crippen LogP contribution is -2.29. The predicted octanol–water partition coefficient (Wildman–Crippen LogP) is 4.76. The summed E-state index contributed by atoms with van der Waals surface area (Å²) in [5, 5.41) is 4.40. The summed E-state index contributed by atoms with van der Waals surface area (Å²) in [5.74, 6) is -1.70. The third kappa shape index (κ3) is 3.63. The van der Waals surface area contributed by atoms with Crippen LogP contribution in [0.15, 0.2) is 54.9 Å². The van der Waals surface area contributed by atoms with E-state index in [0.717, 1.165) is 24.7 Å². The highest BCUT2D eigenvalue weighted by atomic mass is 19.2. The SMILES string of the molecule is Fc1cccc(-c2nc3cnn(Cc4ccc(N5CCCCC5)cc4)cc-3n2)c1F. The summed E-state index contributed by atoms with van der Waals surface area (Å²) >= 11 is 0. The Morgan fingerprint density at radius 2 is 1.63 bits per heavy atom. The van der Waals surface area contributed by atoms with Gasteiger partial charge in [-0.25, -0.2) is 18.7 Å². The van der Waals surface area contributed by atoms with Crippen molar-refractivity contribution in [1.29, 1.82) is 0 Å². The van der Waals surface area contributed by atoms with Gasteiger partial charge in [-0.1, -0.05) is 18.2 Å². The van der Waals surface area contributed by atoms with Gasteiger partial charge in [0.2, 0.25) is 0 Å². The second kappa shape index (κ2) is 7.82. The van der Waals surface area contributed by atoms with Crippen molar-refractivity contribution in [2.75, 3.05) is 18.0 Å². The Morgan fingerprint density at radius 3 is 2.43 bits per heavy atom. The zero-order valence-electron chi connectivity index (χ0n) is 16.4. The summed E-state index contributed by atoms with van der Waals surface area (Å²) in [4.78, 5) is 11.1. The number of benzene rings is 2. The van der Waals surface area contributed by atoms with Crippen molar-refractivity contribution in [2.24, 2.45) is 0 Å². The van der Waals surface area contributed by atoms with E-state index in [4.69, 9.17) is 0 Å². The fourth-order valence-corrected chi connectivity index (χ4v) is 3.90. The Bertz CT molecular complexity index is 1130. The lowest BCUT2D eigenvalue weighted by molar-refractivity contribution is 0.510. The Labute approximate surface area is 173 Å². The third-order valence-electron chi connectivity index (χ3n) is 5.51. The van der Waals surface area contributed by atoms with Crippen LogP contribution < -0.4 is 4.90 Å². The topological polar surface area (TPSA) is 46.8 Å². The highest BCUT2D eigenvalue weighted by Gasteiger charge is 2.18. The van der Waals surface area contributed by atoms with Gasteiger partial charge in [-0.05, 0) is 49.1 Å². The molecule has 0 aromatic heterocycles. The fourth-order valence-electron chi connectivity index (χ4n) is 3.90. The molecule has 5 rings (SSSR count). The highest BCUT2D eigenvalue weighted by Crippen LogP contribution is 2.27. The average Bonchev–Trinajstić information content (AvgIpc) is 3.20. The molecule has 0 spiro atoms. The third-order valence-corrected chi connectivity index (χ3v) is 5.51. The molecule has 2 aromatic rings. The quantitative estimate of drug-likeness (QED) is 0.491. The van der Waals surface area contributed by atoms with Gasteiger partial charge in [-0.15, -0.1) is 0 Å². The molecule has 1 fully saturated rings. The Hall–Kier alpha value is -3.35. The van der Waals surface area contributed by atoms with Crippen molar-refractivity contribution in [3.63, 3.8) is 0 Å². The largest absolute Gasteiger partial charge is 0.372 e. The average molecular weight is 405 g/mol. The molecule has 0 amide bonds. The Morgan fingerprint density at radius 1 is 0.867 bits per heavy atom. The van der Waals surface area contributed by atoms with E-state index in [1.807, 2.05) is 0 Å². The molecule has 0 bridgehead atoms. The van der Waals surface area contributed by atoms with E-state index in [-0.39, 0.29) is 11.4 Å². The number of imidazole rings is 1. The van der Waals surface area contributed by atoms with E-state index in [0.29, 0.717) is 17.9 Å². The van der Waals surface area contributed by atoms with Crippen LogP contribution in [0.4, 0.5) is 14.5 Å². The molecular formula is C23H21F2N5. The van der Waals surface area contributed by atoms with Crippen molar-refractivity contribution < 1.29 is 8.78 Å². The molecule has 5 nitrogen and oxygen atoms in total. The monoisotopic (exact) mass is 405 g/mol. The molecule has 1 saturated heterocycles. The zero-order chi connectivity index (χ0) is 20.5. The van der Waals surface area contributed by atoms with Gasteiger partial charge >= 0.3 is 0 Å². The molecule has 0 N–H and O–H groups in total. The van der Waals surface area contributed by atoms with Crippen molar-refractivity contribution in [2.45, 2.75) is 25.8 Å². The van der Waals surface area contributed by atoms with Crippen LogP contribution >= 0.6 is 0 Å². The van der Waals surface area contributed by atoms with Gasteiger partial charge in [-0.3, -0.25) is 4.68 Å². The number of rotatable bonds is 4. The van der Waals surface area contributed by atoms with Crippen LogP contribution in [0.3, 0.4) is 0 Å². The molecular weight excluding hydrogens is 384 g/mol. The summed E-state index contributed by atoms with van der Waals surface area (Å²) in [6, 6.07) is 12.5. The fraction of sp³-hybridized carbons (Fsp3) is 0.261. The van der Waals surface area contributed by atoms with Gasteiger partial charge in [0.25, 0.3) is 0 Å². The predicted molar refractivity (Wildman–Crippen MR) is 111 cm³/mol. The molecule has 0 radical (unpaired) electrons.